The van der Waals surface area contributed by atoms with Gasteiger partial charge in [0.15, 0.2) is 0 Å². The van der Waals surface area contributed by atoms with E-state index in [1.54, 1.807) is 23.1 Å². The zero-order chi connectivity index (χ0) is 53.7. The molecule has 5 aromatic carbocycles. The zero-order valence-corrected chi connectivity index (χ0v) is 45.3. The lowest BCUT2D eigenvalue weighted by atomic mass is 9.55. The predicted molar refractivity (Wildman–Crippen MR) is 303 cm³/mol. The highest BCUT2D eigenvalue weighted by molar-refractivity contribution is 6.03. The van der Waals surface area contributed by atoms with E-state index >= 15 is 4.79 Å². The molecule has 410 valence electrons. The Morgan fingerprint density at radius 1 is 0.753 bits per heavy atom. The second-order valence-corrected chi connectivity index (χ2v) is 21.1. The third-order valence-electron chi connectivity index (χ3n) is 15.7. The molecular weight excluding hydrogens is 968 g/mol. The molecule has 1 heterocycles. The van der Waals surface area contributed by atoms with Gasteiger partial charge in [-0.1, -0.05) is 180 Å². The van der Waals surface area contributed by atoms with Crippen LogP contribution in [0.15, 0.2) is 157 Å². The van der Waals surface area contributed by atoms with Crippen LogP contribution in [-0.4, -0.2) is 65.2 Å². The molecule has 2 N–H and O–H groups in total. The quantitative estimate of drug-likeness (QED) is 0.0256. The minimum Gasteiger partial charge on any atom is -0.459 e. The molecule has 1 saturated carbocycles. The number of oxime groups is 1. The summed E-state index contributed by atoms with van der Waals surface area (Å²) in [5.41, 5.74) is 6.40. The van der Waals surface area contributed by atoms with Crippen LogP contribution in [0.2, 0.25) is 0 Å². The maximum absolute atomic E-state index is 15.2. The Bertz CT molecular complexity index is 2640. The molecule has 0 aromatic heterocycles. The number of ether oxygens (including phenoxy) is 4. The largest absolute Gasteiger partial charge is 0.459 e. The normalized spacial score (nSPS) is 20.8. The van der Waals surface area contributed by atoms with Crippen LogP contribution in [0, 0.1) is 23.6 Å². The molecule has 0 spiro atoms. The Morgan fingerprint density at radius 3 is 2.09 bits per heavy atom. The number of amides is 1. The van der Waals surface area contributed by atoms with Crippen molar-refractivity contribution in [2.24, 2.45) is 22.9 Å². The second-order valence-electron chi connectivity index (χ2n) is 21.1. The number of benzene rings is 5. The van der Waals surface area contributed by atoms with E-state index in [2.05, 4.69) is 49.9 Å². The highest BCUT2D eigenvalue weighted by Gasteiger charge is 2.65. The van der Waals surface area contributed by atoms with E-state index in [-0.39, 0.29) is 69.6 Å². The molecule has 3 aliphatic rings. The Balaban J connectivity index is 1.22. The van der Waals surface area contributed by atoms with Crippen LogP contribution in [0.4, 0.5) is 9.18 Å². The van der Waals surface area contributed by atoms with Gasteiger partial charge in [-0.15, -0.1) is 6.58 Å². The summed E-state index contributed by atoms with van der Waals surface area (Å²) in [6.45, 7) is 7.16. The highest BCUT2D eigenvalue weighted by atomic mass is 19.1. The van der Waals surface area contributed by atoms with Gasteiger partial charge >= 0.3 is 6.09 Å². The lowest BCUT2D eigenvalue weighted by Crippen LogP contribution is -2.70. The summed E-state index contributed by atoms with van der Waals surface area (Å²) in [5, 5.41) is 25.3. The van der Waals surface area contributed by atoms with Crippen molar-refractivity contribution in [1.29, 1.82) is 0 Å². The first-order chi connectivity index (χ1) is 37.8. The van der Waals surface area contributed by atoms with E-state index in [0.717, 1.165) is 79.2 Å². The first-order valence-corrected chi connectivity index (χ1v) is 28.6. The Kier molecular flexibility index (Phi) is 21.8. The molecular formula is C66H81FN2O8. The fourth-order valence-corrected chi connectivity index (χ4v) is 11.9. The van der Waals surface area contributed by atoms with Gasteiger partial charge in [-0.25, -0.2) is 9.18 Å². The van der Waals surface area contributed by atoms with Crippen molar-refractivity contribution in [2.45, 2.75) is 147 Å². The maximum Gasteiger partial charge on any atom is 0.410 e. The van der Waals surface area contributed by atoms with Crippen LogP contribution >= 0.6 is 0 Å². The molecule has 1 fully saturated rings. The van der Waals surface area contributed by atoms with Gasteiger partial charge in [0.2, 0.25) is 5.79 Å². The second kappa shape index (κ2) is 29.5. The maximum atomic E-state index is 15.2. The molecule has 77 heavy (non-hydrogen) atoms. The number of unbranched alkanes of at least 4 members (excludes halogenated alkanes) is 11. The zero-order valence-electron chi connectivity index (χ0n) is 45.3. The van der Waals surface area contributed by atoms with Crippen molar-refractivity contribution in [3.63, 3.8) is 0 Å². The topological polar surface area (TPSA) is 119 Å². The van der Waals surface area contributed by atoms with Gasteiger partial charge in [0, 0.05) is 37.7 Å². The average molecular weight is 1050 g/mol. The Labute approximate surface area is 456 Å². The van der Waals surface area contributed by atoms with Gasteiger partial charge in [0.1, 0.15) is 35.7 Å². The van der Waals surface area contributed by atoms with Crippen molar-refractivity contribution in [3.8, 4) is 28.4 Å². The summed E-state index contributed by atoms with van der Waals surface area (Å²) >= 11 is 0. The minimum atomic E-state index is -1.52. The number of allylic oxidation sites excluding steroid dienone is 1. The first kappa shape index (κ1) is 56.9. The summed E-state index contributed by atoms with van der Waals surface area (Å²) in [6, 6.07) is 39.6. The fraction of sp³-hybridized carbons (Fsp3) is 0.455. The van der Waals surface area contributed by atoms with Crippen LogP contribution in [0.1, 0.15) is 139 Å². The van der Waals surface area contributed by atoms with E-state index in [9.17, 15) is 14.6 Å². The number of hydrogen-bond donors (Lipinski definition) is 2. The van der Waals surface area contributed by atoms with Crippen molar-refractivity contribution in [1.82, 2.24) is 4.90 Å². The van der Waals surface area contributed by atoms with E-state index < -0.39 is 23.8 Å². The highest BCUT2D eigenvalue weighted by Crippen LogP contribution is 2.62. The van der Waals surface area contributed by atoms with Crippen LogP contribution in [0.5, 0.6) is 17.2 Å². The molecule has 10 nitrogen and oxygen atoms in total. The number of rotatable bonds is 31. The molecule has 0 radical (unpaired) electrons. The third-order valence-corrected chi connectivity index (χ3v) is 15.7. The van der Waals surface area contributed by atoms with Crippen molar-refractivity contribution in [2.75, 3.05) is 26.4 Å². The number of nitrogens with zero attached hydrogens (tertiary/aromatic N) is 2. The number of carbonyl (C=O) groups excluding carboxylic acids is 1. The summed E-state index contributed by atoms with van der Waals surface area (Å²) in [4.78, 5) is 23.2. The summed E-state index contributed by atoms with van der Waals surface area (Å²) in [7, 11) is 0. The summed E-state index contributed by atoms with van der Waals surface area (Å²) < 4.78 is 42.4. The predicted octanol–water partition coefficient (Wildman–Crippen LogP) is 15.7. The molecule has 6 atom stereocenters. The monoisotopic (exact) mass is 1050 g/mol. The van der Waals surface area contributed by atoms with E-state index in [1.165, 1.54) is 50.7 Å². The Hall–Kier alpha value is -6.27. The average Bonchev–Trinajstić information content (AvgIpc) is 3.56. The number of fused-ring (bicyclic) bond motifs is 2. The van der Waals surface area contributed by atoms with Gasteiger partial charge in [0.05, 0.1) is 24.8 Å². The number of aliphatic hydroxyl groups excluding tert-OH is 2. The summed E-state index contributed by atoms with van der Waals surface area (Å²) in [6.07, 6.45) is 19.7. The number of hydrogen-bond acceptors (Lipinski definition) is 9. The van der Waals surface area contributed by atoms with Gasteiger partial charge in [-0.05, 0) is 114 Å². The number of carbonyl (C=O) groups is 1. The fourth-order valence-electron chi connectivity index (χ4n) is 11.9. The molecule has 11 heteroatoms. The lowest BCUT2D eigenvalue weighted by molar-refractivity contribution is -0.256. The molecule has 5 aromatic rings. The molecule has 0 bridgehead atoms. The van der Waals surface area contributed by atoms with Crippen molar-refractivity contribution in [3.05, 3.63) is 174 Å². The molecule has 8 rings (SSSR count). The van der Waals surface area contributed by atoms with Gasteiger partial charge < -0.3 is 34.0 Å². The molecule has 0 saturated heterocycles. The van der Waals surface area contributed by atoms with E-state index in [1.807, 2.05) is 72.8 Å². The van der Waals surface area contributed by atoms with Gasteiger partial charge in [-0.3, -0.25) is 4.90 Å². The van der Waals surface area contributed by atoms with Crippen LogP contribution in [0.25, 0.3) is 11.1 Å². The van der Waals surface area contributed by atoms with Crippen molar-refractivity contribution >= 4 is 11.8 Å². The number of aliphatic hydroxyl groups is 2. The van der Waals surface area contributed by atoms with E-state index in [0.29, 0.717) is 41.4 Å². The summed E-state index contributed by atoms with van der Waals surface area (Å²) in [5.74, 6) is -0.751. The number of halogens is 1. The van der Waals surface area contributed by atoms with E-state index in [4.69, 9.17) is 28.9 Å². The minimum absolute atomic E-state index is 0.00262. The molecule has 2 aliphatic carbocycles. The lowest BCUT2D eigenvalue weighted by Gasteiger charge is -2.59. The molecule has 1 aliphatic heterocycles. The van der Waals surface area contributed by atoms with Crippen LogP contribution in [0.3, 0.4) is 0 Å². The van der Waals surface area contributed by atoms with Gasteiger partial charge in [0.25, 0.3) is 0 Å². The van der Waals surface area contributed by atoms with Crippen molar-refractivity contribution < 1.29 is 43.2 Å². The van der Waals surface area contributed by atoms with Gasteiger partial charge in [-0.2, -0.15) is 0 Å². The third kappa shape index (κ3) is 15.1. The smallest absolute Gasteiger partial charge is 0.410 e. The van der Waals surface area contributed by atoms with Crippen LogP contribution in [-0.2, 0) is 27.5 Å². The Morgan fingerprint density at radius 2 is 1.40 bits per heavy atom. The SMILES string of the molecule is C=CCOC12Oc3ccc(Oc4ccc(-c5ccccc5)cc4)cc3C3C(CCCCO)C(CCCCO)C=C(C(=NOCc4ccccc4)CC1N(Cc1ccc(F)cc1)C(=O)OCCCCCCCCCCCC)C32. The molecule has 6 unspecified atom stereocenters. The first-order valence-electron chi connectivity index (χ1n) is 28.6. The molecule has 1 amide bonds. The standard InChI is InChI=1S/C66H81FN2O8/c1-3-5-6-7-8-9-10-11-12-23-43-73-65(72)69(47-49-30-34-54(67)35-31-49)62-46-60(68-75-48-50-24-15-13-16-25-50)58-44-53(28-19-21-40-70)57(29-20-22-41-71)63-59-45-56(38-39-61(59)77-66(62,64(58)63)74-42-4-2)76-55-36-32-52(33-37-55)51-26-17-14-18-27-51/h4,13-18,24-27,30-39,44-45,53,57,62-64,70-71H,2-3,5-12,19-23,28-29,40-43,46-48H2,1H3. The van der Waals surface area contributed by atoms with Crippen LogP contribution < -0.4 is 9.47 Å².